The fraction of sp³-hybridized carbons (Fsp3) is 0.412. The van der Waals surface area contributed by atoms with Crippen LogP contribution < -0.4 is 15.2 Å². The normalized spacial score (nSPS) is 11.0. The van der Waals surface area contributed by atoms with Crippen LogP contribution in [-0.4, -0.2) is 39.8 Å². The molecule has 0 radical (unpaired) electrons. The highest BCUT2D eigenvalue weighted by molar-refractivity contribution is 6.03. The number of nitrogens with one attached hydrogen (secondary N) is 3. The Morgan fingerprint density at radius 3 is 2.87 bits per heavy atom. The lowest BCUT2D eigenvalue weighted by Crippen LogP contribution is -3.05. The topological polar surface area (TPSA) is 56.9 Å². The summed E-state index contributed by atoms with van der Waals surface area (Å²) in [5.74, 6) is -0.761. The molecular formula is C17H24FN3O2+2. The Hall–Kier alpha value is -2.21. The highest BCUT2D eigenvalue weighted by atomic mass is 19.1. The van der Waals surface area contributed by atoms with Crippen LogP contribution in [-0.2, 0) is 4.74 Å². The van der Waals surface area contributed by atoms with E-state index in [-0.39, 0.29) is 5.82 Å². The lowest BCUT2D eigenvalue weighted by atomic mass is 10.1. The summed E-state index contributed by atoms with van der Waals surface area (Å²) in [4.78, 5) is 16.5. The minimum absolute atomic E-state index is 0.295. The van der Waals surface area contributed by atoms with E-state index in [0.717, 1.165) is 18.5 Å². The fourth-order valence-corrected chi connectivity index (χ4v) is 2.43. The van der Waals surface area contributed by atoms with Crippen molar-refractivity contribution in [1.29, 1.82) is 0 Å². The van der Waals surface area contributed by atoms with Gasteiger partial charge in [-0.1, -0.05) is 0 Å². The van der Waals surface area contributed by atoms with Crippen LogP contribution in [0.4, 0.5) is 10.1 Å². The summed E-state index contributed by atoms with van der Waals surface area (Å²) < 4.78 is 18.7. The summed E-state index contributed by atoms with van der Waals surface area (Å²) >= 11 is 0. The Bertz CT molecular complexity index is 689. The molecule has 0 saturated heterocycles. The van der Waals surface area contributed by atoms with Gasteiger partial charge in [-0.15, -0.1) is 0 Å². The standard InChI is InChI=1S/C17H22FN3O2/c1-4-23-17(22)14-11-20-15-7-6-12(18)10-13(15)16(14)19-8-5-9-21(2)3/h6-7,10-11H,4-5,8-9H2,1-3H3,(H,19,20)/p+2. The molecule has 0 unspecified atom stereocenters. The summed E-state index contributed by atoms with van der Waals surface area (Å²) in [6.45, 7) is 3.76. The number of carbonyl (C=O) groups is 1. The first-order chi connectivity index (χ1) is 11.0. The molecule has 1 aromatic heterocycles. The molecular weight excluding hydrogens is 297 g/mol. The summed E-state index contributed by atoms with van der Waals surface area (Å²) in [6.07, 6.45) is 2.55. The molecule has 0 aliphatic rings. The van der Waals surface area contributed by atoms with Crippen molar-refractivity contribution >= 4 is 22.6 Å². The number of ether oxygens (including phenoxy) is 1. The van der Waals surface area contributed by atoms with Crippen molar-refractivity contribution in [1.82, 2.24) is 0 Å². The third-order valence-corrected chi connectivity index (χ3v) is 3.54. The van der Waals surface area contributed by atoms with Gasteiger partial charge >= 0.3 is 5.97 Å². The third kappa shape index (κ3) is 4.39. The third-order valence-electron chi connectivity index (χ3n) is 3.54. The van der Waals surface area contributed by atoms with E-state index in [9.17, 15) is 9.18 Å². The van der Waals surface area contributed by atoms with Gasteiger partial charge in [0.2, 0.25) is 5.52 Å². The maximum atomic E-state index is 13.6. The van der Waals surface area contributed by atoms with Gasteiger partial charge in [-0.2, -0.15) is 0 Å². The molecule has 0 saturated carbocycles. The van der Waals surface area contributed by atoms with Crippen LogP contribution in [0.3, 0.4) is 0 Å². The van der Waals surface area contributed by atoms with Crippen LogP contribution in [0.1, 0.15) is 23.7 Å². The van der Waals surface area contributed by atoms with Gasteiger partial charge < -0.3 is 15.0 Å². The number of halogens is 1. The van der Waals surface area contributed by atoms with E-state index >= 15 is 0 Å². The maximum absolute atomic E-state index is 13.6. The van der Waals surface area contributed by atoms with Gasteiger partial charge in [0, 0.05) is 19.0 Å². The lowest BCUT2D eigenvalue weighted by Gasteiger charge is -2.12. The van der Waals surface area contributed by atoms with Crippen LogP contribution in [0.25, 0.3) is 10.9 Å². The molecule has 0 aliphatic heterocycles. The minimum Gasteiger partial charge on any atom is -0.462 e. The summed E-state index contributed by atoms with van der Waals surface area (Å²) in [7, 11) is 4.18. The number of H-pyrrole nitrogens is 1. The molecule has 1 heterocycles. The van der Waals surface area contributed by atoms with Gasteiger partial charge in [0.1, 0.15) is 11.4 Å². The van der Waals surface area contributed by atoms with Gasteiger partial charge in [0.05, 0.1) is 38.3 Å². The van der Waals surface area contributed by atoms with Crippen molar-refractivity contribution in [3.63, 3.8) is 0 Å². The average molecular weight is 321 g/mol. The first kappa shape index (κ1) is 17.1. The van der Waals surface area contributed by atoms with E-state index in [2.05, 4.69) is 24.4 Å². The molecule has 2 aromatic rings. The van der Waals surface area contributed by atoms with Crippen molar-refractivity contribution < 1.29 is 23.8 Å². The van der Waals surface area contributed by atoms with Gasteiger partial charge in [-0.25, -0.2) is 14.2 Å². The Morgan fingerprint density at radius 2 is 2.17 bits per heavy atom. The molecule has 0 aliphatic carbocycles. The second-order valence-corrected chi connectivity index (χ2v) is 5.73. The van der Waals surface area contributed by atoms with E-state index in [1.807, 2.05) is 0 Å². The molecule has 5 nitrogen and oxygen atoms in total. The van der Waals surface area contributed by atoms with Crippen molar-refractivity contribution in [3.05, 3.63) is 35.8 Å². The fourth-order valence-electron chi connectivity index (χ4n) is 2.43. The molecule has 2 rings (SSSR count). The molecule has 6 heteroatoms. The first-order valence-electron chi connectivity index (χ1n) is 7.87. The average Bonchev–Trinajstić information content (AvgIpc) is 2.51. The molecule has 0 bridgehead atoms. The van der Waals surface area contributed by atoms with Crippen LogP contribution >= 0.6 is 0 Å². The zero-order chi connectivity index (χ0) is 16.8. The zero-order valence-corrected chi connectivity index (χ0v) is 13.8. The number of rotatable bonds is 7. The predicted octanol–water partition coefficient (Wildman–Crippen LogP) is 0.916. The zero-order valence-electron chi connectivity index (χ0n) is 13.8. The number of aromatic amines is 1. The van der Waals surface area contributed by atoms with Gasteiger partial charge in [-0.3, -0.25) is 0 Å². The number of carbonyl (C=O) groups excluding carboxylic acids is 1. The number of hydrogen-bond acceptors (Lipinski definition) is 3. The van der Waals surface area contributed by atoms with Crippen LogP contribution in [0.2, 0.25) is 0 Å². The van der Waals surface area contributed by atoms with Crippen LogP contribution in [0, 0.1) is 5.82 Å². The van der Waals surface area contributed by atoms with Crippen LogP contribution in [0.5, 0.6) is 0 Å². The van der Waals surface area contributed by atoms with Gasteiger partial charge in [0.25, 0.3) is 0 Å². The number of benzene rings is 1. The van der Waals surface area contributed by atoms with Crippen molar-refractivity contribution in [2.75, 3.05) is 39.1 Å². The van der Waals surface area contributed by atoms with E-state index in [0.29, 0.717) is 29.8 Å². The van der Waals surface area contributed by atoms with E-state index < -0.39 is 5.97 Å². The summed E-state index contributed by atoms with van der Waals surface area (Å²) in [5.41, 5.74) is 1.77. The Balaban J connectivity index is 2.36. The predicted molar refractivity (Wildman–Crippen MR) is 87.2 cm³/mol. The first-order valence-corrected chi connectivity index (χ1v) is 7.87. The van der Waals surface area contributed by atoms with E-state index in [1.54, 1.807) is 19.2 Å². The molecule has 23 heavy (non-hydrogen) atoms. The van der Waals surface area contributed by atoms with E-state index in [4.69, 9.17) is 4.74 Å². The molecule has 1 aromatic carbocycles. The van der Waals surface area contributed by atoms with Gasteiger partial charge in [-0.05, 0) is 19.1 Å². The Labute approximate surface area is 135 Å². The van der Waals surface area contributed by atoms with Gasteiger partial charge in [0.15, 0.2) is 6.20 Å². The molecule has 0 spiro atoms. The Morgan fingerprint density at radius 1 is 1.39 bits per heavy atom. The van der Waals surface area contributed by atoms with E-state index in [1.165, 1.54) is 17.0 Å². The highest BCUT2D eigenvalue weighted by Crippen LogP contribution is 2.25. The number of pyridine rings is 1. The monoisotopic (exact) mass is 321 g/mol. The molecule has 0 amide bonds. The number of aromatic nitrogens is 1. The van der Waals surface area contributed by atoms with Crippen molar-refractivity contribution in [3.8, 4) is 0 Å². The largest absolute Gasteiger partial charge is 0.462 e. The number of hydrogen-bond donors (Lipinski definition) is 2. The number of anilines is 1. The number of fused-ring (bicyclic) bond motifs is 1. The van der Waals surface area contributed by atoms with Crippen LogP contribution in [0.15, 0.2) is 24.4 Å². The molecule has 0 fully saturated rings. The highest BCUT2D eigenvalue weighted by Gasteiger charge is 2.20. The SMILES string of the molecule is CCOC(=O)c1c[nH+]c2ccc(F)cc2c1NCCC[NH+](C)C. The summed E-state index contributed by atoms with van der Waals surface area (Å²) in [6, 6.07) is 4.48. The second kappa shape index (κ2) is 7.87. The lowest BCUT2D eigenvalue weighted by molar-refractivity contribution is -0.858. The molecule has 3 N–H and O–H groups in total. The number of esters is 1. The quantitative estimate of drug-likeness (QED) is 0.589. The molecule has 124 valence electrons. The Kier molecular flexibility index (Phi) is 5.87. The minimum atomic E-state index is -0.421. The molecule has 0 atom stereocenters. The van der Waals surface area contributed by atoms with Crippen molar-refractivity contribution in [2.45, 2.75) is 13.3 Å². The smallest absolute Gasteiger partial charge is 0.346 e. The maximum Gasteiger partial charge on any atom is 0.346 e. The second-order valence-electron chi connectivity index (χ2n) is 5.73. The summed E-state index contributed by atoms with van der Waals surface area (Å²) in [5, 5.41) is 3.92. The number of quaternary nitrogens is 1. The van der Waals surface area contributed by atoms with Crippen molar-refractivity contribution in [2.24, 2.45) is 0 Å².